The second-order valence-corrected chi connectivity index (χ2v) is 4.25. The minimum absolute atomic E-state index is 0.199. The first-order chi connectivity index (χ1) is 9.13. The first-order valence-corrected chi connectivity index (χ1v) is 6.21. The number of aliphatic imine (C=N–C) groups is 1. The Hall–Kier alpha value is -2.17. The van der Waals surface area contributed by atoms with Crippen molar-refractivity contribution in [1.82, 2.24) is 4.90 Å². The molecule has 0 amide bonds. The molecule has 0 unspecified atom stereocenters. The topological polar surface area (TPSA) is 59.0 Å². The van der Waals surface area contributed by atoms with Crippen LogP contribution in [0.25, 0.3) is 0 Å². The predicted molar refractivity (Wildman–Crippen MR) is 71.4 cm³/mol. The monoisotopic (exact) mass is 260 g/mol. The quantitative estimate of drug-likeness (QED) is 0.462. The first kappa shape index (κ1) is 13.3. The normalized spacial score (nSPS) is 14.2. The summed E-state index contributed by atoms with van der Waals surface area (Å²) < 4.78 is 4.68. The van der Waals surface area contributed by atoms with Crippen molar-refractivity contribution >= 4 is 17.6 Å². The summed E-state index contributed by atoms with van der Waals surface area (Å²) in [6.45, 7) is 3.56. The van der Waals surface area contributed by atoms with E-state index in [0.29, 0.717) is 5.56 Å². The molecule has 0 spiro atoms. The van der Waals surface area contributed by atoms with Gasteiger partial charge >= 0.3 is 5.97 Å². The number of nitrogens with zero attached hydrogens (tertiary/aromatic N) is 2. The van der Waals surface area contributed by atoms with Crippen LogP contribution in [0.3, 0.4) is 0 Å². The minimum atomic E-state index is -0.814. The molecule has 19 heavy (non-hydrogen) atoms. The van der Waals surface area contributed by atoms with Gasteiger partial charge in [0.25, 0.3) is 5.78 Å². The van der Waals surface area contributed by atoms with Crippen molar-refractivity contribution in [3.63, 3.8) is 0 Å². The SMILES string of the molecule is CCOC(=O)C(=O)c1ccc(C2=NCCN2C)cc1. The van der Waals surface area contributed by atoms with Gasteiger partial charge in [0.2, 0.25) is 0 Å². The zero-order valence-electron chi connectivity index (χ0n) is 11.0. The van der Waals surface area contributed by atoms with Crippen LogP contribution in [0.4, 0.5) is 0 Å². The van der Waals surface area contributed by atoms with E-state index in [-0.39, 0.29) is 6.61 Å². The lowest BCUT2D eigenvalue weighted by Gasteiger charge is -2.13. The van der Waals surface area contributed by atoms with Crippen LogP contribution < -0.4 is 0 Å². The zero-order chi connectivity index (χ0) is 13.8. The van der Waals surface area contributed by atoms with E-state index in [1.807, 2.05) is 7.05 Å². The number of ketones is 1. The molecular formula is C14H16N2O3. The van der Waals surface area contributed by atoms with Crippen LogP contribution >= 0.6 is 0 Å². The fourth-order valence-corrected chi connectivity index (χ4v) is 1.93. The standard InChI is InChI=1S/C14H16N2O3/c1-3-19-14(18)12(17)10-4-6-11(7-5-10)13-15-8-9-16(13)2/h4-7H,3,8-9H2,1-2H3. The number of carbonyl (C=O) groups is 2. The molecule has 5 heteroatoms. The average molecular weight is 260 g/mol. The summed E-state index contributed by atoms with van der Waals surface area (Å²) in [7, 11) is 1.98. The zero-order valence-corrected chi connectivity index (χ0v) is 11.0. The molecule has 1 heterocycles. The van der Waals surface area contributed by atoms with Crippen molar-refractivity contribution in [2.45, 2.75) is 6.92 Å². The number of Topliss-reactive ketones (excluding diaryl/α,β-unsaturated/α-hetero) is 1. The third kappa shape index (κ3) is 2.81. The van der Waals surface area contributed by atoms with Gasteiger partial charge in [-0.3, -0.25) is 9.79 Å². The highest BCUT2D eigenvalue weighted by Gasteiger charge is 2.19. The maximum absolute atomic E-state index is 11.7. The van der Waals surface area contributed by atoms with Gasteiger partial charge in [0, 0.05) is 24.7 Å². The number of benzene rings is 1. The van der Waals surface area contributed by atoms with Crippen LogP contribution in [0.5, 0.6) is 0 Å². The summed E-state index contributed by atoms with van der Waals surface area (Å²) >= 11 is 0. The van der Waals surface area contributed by atoms with Crippen LogP contribution in [0.15, 0.2) is 29.3 Å². The van der Waals surface area contributed by atoms with Gasteiger partial charge < -0.3 is 9.64 Å². The van der Waals surface area contributed by atoms with E-state index in [2.05, 4.69) is 14.6 Å². The van der Waals surface area contributed by atoms with Gasteiger partial charge in [0.15, 0.2) is 0 Å². The van der Waals surface area contributed by atoms with Crippen molar-refractivity contribution in [2.75, 3.05) is 26.7 Å². The minimum Gasteiger partial charge on any atom is -0.460 e. The molecular weight excluding hydrogens is 244 g/mol. The fraction of sp³-hybridized carbons (Fsp3) is 0.357. The van der Waals surface area contributed by atoms with E-state index in [0.717, 1.165) is 24.5 Å². The lowest BCUT2D eigenvalue weighted by Crippen LogP contribution is -2.23. The van der Waals surface area contributed by atoms with E-state index in [1.165, 1.54) is 0 Å². The number of esters is 1. The van der Waals surface area contributed by atoms with Gasteiger partial charge in [-0.05, 0) is 6.92 Å². The van der Waals surface area contributed by atoms with Crippen molar-refractivity contribution in [3.05, 3.63) is 35.4 Å². The molecule has 0 aromatic heterocycles. The molecule has 1 aromatic rings. The Balaban J connectivity index is 2.15. The van der Waals surface area contributed by atoms with Gasteiger partial charge in [-0.25, -0.2) is 4.79 Å². The van der Waals surface area contributed by atoms with Crippen molar-refractivity contribution in [3.8, 4) is 0 Å². The molecule has 0 N–H and O–H groups in total. The maximum Gasteiger partial charge on any atom is 0.379 e. The summed E-state index contributed by atoms with van der Waals surface area (Å²) in [5, 5.41) is 0. The van der Waals surface area contributed by atoms with Gasteiger partial charge in [-0.15, -0.1) is 0 Å². The highest BCUT2D eigenvalue weighted by atomic mass is 16.5. The third-order valence-electron chi connectivity index (χ3n) is 2.92. The molecule has 0 atom stereocenters. The fourth-order valence-electron chi connectivity index (χ4n) is 1.93. The lowest BCUT2D eigenvalue weighted by molar-refractivity contribution is -0.137. The molecule has 100 valence electrons. The van der Waals surface area contributed by atoms with Crippen molar-refractivity contribution < 1.29 is 14.3 Å². The van der Waals surface area contributed by atoms with E-state index >= 15 is 0 Å². The van der Waals surface area contributed by atoms with Gasteiger partial charge in [-0.1, -0.05) is 24.3 Å². The smallest absolute Gasteiger partial charge is 0.379 e. The molecule has 0 fully saturated rings. The Morgan fingerprint density at radius 3 is 2.53 bits per heavy atom. The Bertz CT molecular complexity index is 520. The number of carbonyl (C=O) groups excluding carboxylic acids is 2. The molecule has 0 saturated carbocycles. The third-order valence-corrected chi connectivity index (χ3v) is 2.92. The largest absolute Gasteiger partial charge is 0.460 e. The summed E-state index contributed by atoms with van der Waals surface area (Å²) in [5.74, 6) is -0.518. The number of rotatable bonds is 4. The number of amidine groups is 1. The molecule has 1 aliphatic heterocycles. The maximum atomic E-state index is 11.7. The van der Waals surface area contributed by atoms with Gasteiger partial charge in [-0.2, -0.15) is 0 Å². The molecule has 2 rings (SSSR count). The van der Waals surface area contributed by atoms with Crippen molar-refractivity contribution in [1.29, 1.82) is 0 Å². The number of likely N-dealkylation sites (N-methyl/N-ethyl adjacent to an activating group) is 1. The summed E-state index contributed by atoms with van der Waals surface area (Å²) in [4.78, 5) is 29.5. The molecule has 0 bridgehead atoms. The second-order valence-electron chi connectivity index (χ2n) is 4.25. The van der Waals surface area contributed by atoms with E-state index < -0.39 is 11.8 Å². The van der Waals surface area contributed by atoms with Crippen LogP contribution in [0.1, 0.15) is 22.8 Å². The molecule has 1 aromatic carbocycles. The van der Waals surface area contributed by atoms with E-state index in [9.17, 15) is 9.59 Å². The molecule has 0 aliphatic carbocycles. The molecule has 1 aliphatic rings. The number of hydrogen-bond donors (Lipinski definition) is 0. The lowest BCUT2D eigenvalue weighted by atomic mass is 10.1. The predicted octanol–water partition coefficient (Wildman–Crippen LogP) is 1.12. The van der Waals surface area contributed by atoms with Crippen LogP contribution in [-0.2, 0) is 9.53 Å². The number of hydrogen-bond acceptors (Lipinski definition) is 5. The van der Waals surface area contributed by atoms with Crippen LogP contribution in [-0.4, -0.2) is 49.2 Å². The highest BCUT2D eigenvalue weighted by Crippen LogP contribution is 2.12. The summed E-state index contributed by atoms with van der Waals surface area (Å²) in [5.41, 5.74) is 1.28. The van der Waals surface area contributed by atoms with Crippen LogP contribution in [0, 0.1) is 0 Å². The van der Waals surface area contributed by atoms with Crippen LogP contribution in [0.2, 0.25) is 0 Å². The summed E-state index contributed by atoms with van der Waals surface area (Å²) in [6, 6.07) is 6.85. The molecule has 0 radical (unpaired) electrons. The average Bonchev–Trinajstić information content (AvgIpc) is 2.84. The molecule has 5 nitrogen and oxygen atoms in total. The Morgan fingerprint density at radius 1 is 1.32 bits per heavy atom. The van der Waals surface area contributed by atoms with Crippen molar-refractivity contribution in [2.24, 2.45) is 4.99 Å². The summed E-state index contributed by atoms with van der Waals surface area (Å²) in [6.07, 6.45) is 0. The Labute approximate surface area is 111 Å². The Kier molecular flexibility index (Phi) is 3.94. The van der Waals surface area contributed by atoms with Gasteiger partial charge in [0.1, 0.15) is 5.84 Å². The number of ether oxygens (including phenoxy) is 1. The van der Waals surface area contributed by atoms with E-state index in [1.54, 1.807) is 31.2 Å². The second kappa shape index (κ2) is 5.65. The first-order valence-electron chi connectivity index (χ1n) is 6.21. The van der Waals surface area contributed by atoms with E-state index in [4.69, 9.17) is 0 Å². The highest BCUT2D eigenvalue weighted by molar-refractivity contribution is 6.40. The molecule has 0 saturated heterocycles. The Morgan fingerprint density at radius 2 is 2.00 bits per heavy atom. The van der Waals surface area contributed by atoms with Gasteiger partial charge in [0.05, 0.1) is 13.2 Å².